The molecule has 2 rings (SSSR count). The smallest absolute Gasteiger partial charge is 0.320 e. The number of hydrogen-bond acceptors (Lipinski definition) is 3. The van der Waals surface area contributed by atoms with E-state index in [0.717, 1.165) is 31.5 Å². The maximum absolute atomic E-state index is 10.8. The SMILES string of the molecule is N[C@@H](Cc1cccc(C2CCNCC2)c1)C(=O)O. The zero-order valence-electron chi connectivity index (χ0n) is 10.4. The summed E-state index contributed by atoms with van der Waals surface area (Å²) in [6.07, 6.45) is 2.69. The van der Waals surface area contributed by atoms with Crippen LogP contribution in [0.4, 0.5) is 0 Å². The second-order valence-corrected chi connectivity index (χ2v) is 4.92. The molecule has 1 atom stereocenters. The first kappa shape index (κ1) is 13.1. The molecule has 0 radical (unpaired) electrons. The number of nitrogens with one attached hydrogen (secondary N) is 1. The maximum atomic E-state index is 10.8. The van der Waals surface area contributed by atoms with Gasteiger partial charge in [-0.3, -0.25) is 4.79 Å². The van der Waals surface area contributed by atoms with Crippen LogP contribution in [0.15, 0.2) is 24.3 Å². The molecule has 1 heterocycles. The summed E-state index contributed by atoms with van der Waals surface area (Å²) in [5.41, 5.74) is 7.89. The lowest BCUT2D eigenvalue weighted by atomic mass is 9.88. The number of benzene rings is 1. The molecule has 98 valence electrons. The number of carbonyl (C=O) groups is 1. The van der Waals surface area contributed by atoms with Crippen molar-refractivity contribution in [3.63, 3.8) is 0 Å². The predicted molar refractivity (Wildman–Crippen MR) is 70.6 cm³/mol. The van der Waals surface area contributed by atoms with Crippen molar-refractivity contribution in [2.75, 3.05) is 13.1 Å². The fraction of sp³-hybridized carbons (Fsp3) is 0.500. The van der Waals surface area contributed by atoms with E-state index in [1.807, 2.05) is 12.1 Å². The summed E-state index contributed by atoms with van der Waals surface area (Å²) in [5, 5.41) is 12.2. The molecule has 4 nitrogen and oxygen atoms in total. The van der Waals surface area contributed by atoms with Gasteiger partial charge in [0.05, 0.1) is 0 Å². The Morgan fingerprint density at radius 2 is 2.17 bits per heavy atom. The zero-order chi connectivity index (χ0) is 13.0. The lowest BCUT2D eigenvalue weighted by Crippen LogP contribution is -2.32. The van der Waals surface area contributed by atoms with Gasteiger partial charge >= 0.3 is 5.97 Å². The standard InChI is InChI=1S/C14H20N2O2/c15-13(14(17)18)9-10-2-1-3-12(8-10)11-4-6-16-7-5-11/h1-3,8,11,13,16H,4-7,9,15H2,(H,17,18)/t13-/m0/s1. The van der Waals surface area contributed by atoms with Crippen LogP contribution < -0.4 is 11.1 Å². The highest BCUT2D eigenvalue weighted by atomic mass is 16.4. The highest BCUT2D eigenvalue weighted by molar-refractivity contribution is 5.73. The fourth-order valence-corrected chi connectivity index (χ4v) is 2.47. The number of nitrogens with two attached hydrogens (primary N) is 1. The largest absolute Gasteiger partial charge is 0.480 e. The minimum Gasteiger partial charge on any atom is -0.480 e. The Balaban J connectivity index is 2.06. The van der Waals surface area contributed by atoms with Crippen LogP contribution in [0.1, 0.15) is 29.9 Å². The molecular weight excluding hydrogens is 228 g/mol. The Labute approximate surface area is 107 Å². The Bertz CT molecular complexity index is 414. The van der Waals surface area contributed by atoms with Gasteiger partial charge < -0.3 is 16.2 Å². The molecule has 0 spiro atoms. The number of carboxylic acids is 1. The molecule has 1 aliphatic heterocycles. The number of hydrogen-bond donors (Lipinski definition) is 3. The third-order valence-corrected chi connectivity index (χ3v) is 3.53. The molecule has 4 heteroatoms. The van der Waals surface area contributed by atoms with Crippen LogP contribution in [0, 0.1) is 0 Å². The summed E-state index contributed by atoms with van der Waals surface area (Å²) in [7, 11) is 0. The predicted octanol–water partition coefficient (Wildman–Crippen LogP) is 1.11. The molecule has 0 bridgehead atoms. The lowest BCUT2D eigenvalue weighted by Gasteiger charge is -2.23. The van der Waals surface area contributed by atoms with E-state index in [4.69, 9.17) is 10.8 Å². The van der Waals surface area contributed by atoms with E-state index in [9.17, 15) is 4.79 Å². The van der Waals surface area contributed by atoms with E-state index < -0.39 is 12.0 Å². The van der Waals surface area contributed by atoms with Gasteiger partial charge in [-0.05, 0) is 49.4 Å². The molecule has 18 heavy (non-hydrogen) atoms. The Kier molecular flexibility index (Phi) is 4.33. The molecule has 1 aliphatic rings. The molecule has 1 saturated heterocycles. The molecule has 4 N–H and O–H groups in total. The van der Waals surface area contributed by atoms with E-state index in [1.165, 1.54) is 5.56 Å². The normalized spacial score (nSPS) is 18.5. The highest BCUT2D eigenvalue weighted by Crippen LogP contribution is 2.25. The average Bonchev–Trinajstić information content (AvgIpc) is 2.40. The van der Waals surface area contributed by atoms with Gasteiger partial charge in [0, 0.05) is 0 Å². The van der Waals surface area contributed by atoms with Gasteiger partial charge in [0.2, 0.25) is 0 Å². The first-order valence-corrected chi connectivity index (χ1v) is 6.45. The minimum absolute atomic E-state index is 0.397. The molecule has 0 saturated carbocycles. The molecule has 1 aromatic rings. The molecular formula is C14H20N2O2. The zero-order valence-corrected chi connectivity index (χ0v) is 10.4. The Hall–Kier alpha value is -1.39. The lowest BCUT2D eigenvalue weighted by molar-refractivity contribution is -0.138. The van der Waals surface area contributed by atoms with Crippen LogP contribution in [0.2, 0.25) is 0 Å². The van der Waals surface area contributed by atoms with Gasteiger partial charge in [0.25, 0.3) is 0 Å². The van der Waals surface area contributed by atoms with Crippen LogP contribution in [-0.4, -0.2) is 30.2 Å². The molecule has 1 aromatic carbocycles. The topological polar surface area (TPSA) is 75.3 Å². The van der Waals surface area contributed by atoms with Gasteiger partial charge in [-0.15, -0.1) is 0 Å². The maximum Gasteiger partial charge on any atom is 0.320 e. The van der Waals surface area contributed by atoms with Gasteiger partial charge in [0.15, 0.2) is 0 Å². The first-order chi connectivity index (χ1) is 8.66. The number of rotatable bonds is 4. The van der Waals surface area contributed by atoms with E-state index >= 15 is 0 Å². The summed E-state index contributed by atoms with van der Waals surface area (Å²) in [6.45, 7) is 2.12. The van der Waals surface area contributed by atoms with Gasteiger partial charge in [-0.1, -0.05) is 24.3 Å². The van der Waals surface area contributed by atoms with Crippen molar-refractivity contribution in [2.45, 2.75) is 31.2 Å². The van der Waals surface area contributed by atoms with E-state index in [2.05, 4.69) is 17.4 Å². The van der Waals surface area contributed by atoms with Gasteiger partial charge in [-0.2, -0.15) is 0 Å². The van der Waals surface area contributed by atoms with Gasteiger partial charge in [-0.25, -0.2) is 0 Å². The molecule has 0 aliphatic carbocycles. The minimum atomic E-state index is -0.942. The summed E-state index contributed by atoms with van der Waals surface area (Å²) in [6, 6.07) is 7.38. The van der Waals surface area contributed by atoms with Crippen molar-refractivity contribution >= 4 is 5.97 Å². The summed E-state index contributed by atoms with van der Waals surface area (Å²) in [4.78, 5) is 10.8. The van der Waals surface area contributed by atoms with Crippen LogP contribution in [-0.2, 0) is 11.2 Å². The molecule has 0 aromatic heterocycles. The Morgan fingerprint density at radius 1 is 1.44 bits per heavy atom. The van der Waals surface area contributed by atoms with Crippen molar-refractivity contribution in [3.05, 3.63) is 35.4 Å². The molecule has 0 amide bonds. The van der Waals surface area contributed by atoms with Crippen LogP contribution in [0.3, 0.4) is 0 Å². The summed E-state index contributed by atoms with van der Waals surface area (Å²) >= 11 is 0. The van der Waals surface area contributed by atoms with Crippen molar-refractivity contribution < 1.29 is 9.90 Å². The number of piperidine rings is 1. The van der Waals surface area contributed by atoms with Crippen molar-refractivity contribution in [1.29, 1.82) is 0 Å². The number of carboxylic acid groups (broad SMARTS) is 1. The van der Waals surface area contributed by atoms with Crippen LogP contribution in [0.5, 0.6) is 0 Å². The second-order valence-electron chi connectivity index (χ2n) is 4.92. The van der Waals surface area contributed by atoms with Crippen molar-refractivity contribution in [3.8, 4) is 0 Å². The first-order valence-electron chi connectivity index (χ1n) is 6.45. The summed E-state index contributed by atoms with van der Waals surface area (Å²) in [5.74, 6) is -0.352. The van der Waals surface area contributed by atoms with Crippen molar-refractivity contribution in [1.82, 2.24) is 5.32 Å². The van der Waals surface area contributed by atoms with Crippen LogP contribution >= 0.6 is 0 Å². The van der Waals surface area contributed by atoms with E-state index in [0.29, 0.717) is 12.3 Å². The fourth-order valence-electron chi connectivity index (χ4n) is 2.47. The quantitative estimate of drug-likeness (QED) is 0.746. The monoisotopic (exact) mass is 248 g/mol. The van der Waals surface area contributed by atoms with E-state index in [1.54, 1.807) is 0 Å². The third-order valence-electron chi connectivity index (χ3n) is 3.53. The van der Waals surface area contributed by atoms with E-state index in [-0.39, 0.29) is 0 Å². The second kappa shape index (κ2) is 5.98. The molecule has 0 unspecified atom stereocenters. The highest BCUT2D eigenvalue weighted by Gasteiger charge is 2.16. The van der Waals surface area contributed by atoms with Gasteiger partial charge in [0.1, 0.15) is 6.04 Å². The third kappa shape index (κ3) is 3.31. The molecule has 1 fully saturated rings. The summed E-state index contributed by atoms with van der Waals surface area (Å²) < 4.78 is 0. The average molecular weight is 248 g/mol. The Morgan fingerprint density at radius 3 is 2.83 bits per heavy atom. The van der Waals surface area contributed by atoms with Crippen molar-refractivity contribution in [2.24, 2.45) is 5.73 Å². The number of aliphatic carboxylic acids is 1. The van der Waals surface area contributed by atoms with Crippen LogP contribution in [0.25, 0.3) is 0 Å².